The highest BCUT2D eigenvalue weighted by molar-refractivity contribution is 6.30. The third-order valence-electron chi connectivity index (χ3n) is 3.28. The quantitative estimate of drug-likeness (QED) is 0.889. The maximum atomic E-state index is 6.14. The Hall–Kier alpha value is -0.570. The van der Waals surface area contributed by atoms with Crippen LogP contribution in [0.5, 0.6) is 0 Å². The van der Waals surface area contributed by atoms with Crippen LogP contribution in [0.3, 0.4) is 0 Å². The molecule has 2 atom stereocenters. The summed E-state index contributed by atoms with van der Waals surface area (Å²) in [6.45, 7) is 6.92. The maximum absolute atomic E-state index is 6.14. The van der Waals surface area contributed by atoms with Gasteiger partial charge in [-0.1, -0.05) is 24.6 Å². The highest BCUT2D eigenvalue weighted by atomic mass is 35.5. The molecule has 0 aromatic heterocycles. The number of benzene rings is 1. The van der Waals surface area contributed by atoms with E-state index in [-0.39, 0.29) is 0 Å². The van der Waals surface area contributed by atoms with Crippen molar-refractivity contribution >= 4 is 11.6 Å². The maximum Gasteiger partial charge on any atom is 0.0513 e. The van der Waals surface area contributed by atoms with Gasteiger partial charge >= 0.3 is 0 Å². The van der Waals surface area contributed by atoms with Crippen molar-refractivity contribution in [1.29, 1.82) is 0 Å². The summed E-state index contributed by atoms with van der Waals surface area (Å²) in [5.41, 5.74) is 2.50. The normalized spacial score (nSPS) is 21.7. The van der Waals surface area contributed by atoms with Crippen molar-refractivity contribution in [1.82, 2.24) is 5.32 Å². The van der Waals surface area contributed by atoms with Gasteiger partial charge < -0.3 is 10.1 Å². The minimum atomic E-state index is 0.361. The fourth-order valence-corrected chi connectivity index (χ4v) is 2.83. The number of aryl methyl sites for hydroxylation is 1. The first kappa shape index (κ1) is 12.9. The summed E-state index contributed by atoms with van der Waals surface area (Å²) in [5, 5.41) is 4.38. The zero-order valence-electron chi connectivity index (χ0n) is 10.5. The fraction of sp³-hybridized carbons (Fsp3) is 0.571. The lowest BCUT2D eigenvalue weighted by atomic mass is 9.91. The van der Waals surface area contributed by atoms with Gasteiger partial charge in [-0.2, -0.15) is 0 Å². The molecule has 1 aromatic rings. The molecule has 2 nitrogen and oxygen atoms in total. The third-order valence-corrected chi connectivity index (χ3v) is 3.50. The van der Waals surface area contributed by atoms with Crippen LogP contribution >= 0.6 is 11.6 Å². The number of halogens is 1. The molecule has 0 saturated carbocycles. The molecule has 0 radical (unpaired) electrons. The molecule has 1 N–H and O–H groups in total. The van der Waals surface area contributed by atoms with Crippen molar-refractivity contribution in [2.75, 3.05) is 19.8 Å². The monoisotopic (exact) mass is 253 g/mol. The molecule has 1 saturated heterocycles. The van der Waals surface area contributed by atoms with Crippen LogP contribution in [0, 0.1) is 12.8 Å². The van der Waals surface area contributed by atoms with Crippen LogP contribution in [-0.2, 0) is 4.74 Å². The number of hydrogen-bond donors (Lipinski definition) is 1. The minimum absolute atomic E-state index is 0.361. The first-order valence-corrected chi connectivity index (χ1v) is 6.66. The van der Waals surface area contributed by atoms with Gasteiger partial charge in [-0.3, -0.25) is 0 Å². The number of nitrogens with one attached hydrogen (secondary N) is 1. The van der Waals surface area contributed by atoms with Crippen molar-refractivity contribution in [2.24, 2.45) is 5.92 Å². The average Bonchev–Trinajstić information content (AvgIpc) is 2.77. The zero-order valence-corrected chi connectivity index (χ0v) is 11.3. The van der Waals surface area contributed by atoms with Crippen molar-refractivity contribution in [2.45, 2.75) is 26.3 Å². The van der Waals surface area contributed by atoms with Crippen LogP contribution < -0.4 is 5.32 Å². The molecule has 1 heterocycles. The highest BCUT2D eigenvalue weighted by Gasteiger charge is 2.26. The van der Waals surface area contributed by atoms with Gasteiger partial charge in [0.15, 0.2) is 0 Å². The van der Waals surface area contributed by atoms with Gasteiger partial charge in [0.2, 0.25) is 0 Å². The van der Waals surface area contributed by atoms with Crippen LogP contribution in [0.1, 0.15) is 30.5 Å². The van der Waals surface area contributed by atoms with Gasteiger partial charge in [0.25, 0.3) is 0 Å². The SMILES string of the molecule is CCNC(c1cc(C)cc(Cl)c1)C1CCOC1. The number of ether oxygens (including phenoxy) is 1. The van der Waals surface area contributed by atoms with E-state index in [1.807, 2.05) is 6.07 Å². The molecular formula is C14H20ClNO. The van der Waals surface area contributed by atoms with Gasteiger partial charge in [0.05, 0.1) is 6.61 Å². The smallest absolute Gasteiger partial charge is 0.0513 e. The van der Waals surface area contributed by atoms with E-state index in [1.54, 1.807) is 0 Å². The molecule has 94 valence electrons. The van der Waals surface area contributed by atoms with Crippen molar-refractivity contribution in [3.63, 3.8) is 0 Å². The summed E-state index contributed by atoms with van der Waals surface area (Å²) < 4.78 is 5.49. The summed E-state index contributed by atoms with van der Waals surface area (Å²) in [6, 6.07) is 6.65. The molecule has 2 unspecified atom stereocenters. The fourth-order valence-electron chi connectivity index (χ4n) is 2.54. The van der Waals surface area contributed by atoms with Gasteiger partial charge in [-0.25, -0.2) is 0 Å². The van der Waals surface area contributed by atoms with Crippen LogP contribution in [0.15, 0.2) is 18.2 Å². The lowest BCUT2D eigenvalue weighted by Gasteiger charge is -2.24. The Kier molecular flexibility index (Phi) is 4.43. The van der Waals surface area contributed by atoms with E-state index in [0.717, 1.165) is 31.2 Å². The van der Waals surface area contributed by atoms with Gasteiger partial charge in [-0.05, 0) is 43.1 Å². The topological polar surface area (TPSA) is 21.3 Å². The van der Waals surface area contributed by atoms with Crippen LogP contribution in [-0.4, -0.2) is 19.8 Å². The molecule has 1 aliphatic rings. The molecule has 0 aliphatic carbocycles. The van der Waals surface area contributed by atoms with Crippen LogP contribution in [0.4, 0.5) is 0 Å². The molecule has 17 heavy (non-hydrogen) atoms. The predicted molar refractivity (Wildman–Crippen MR) is 71.5 cm³/mol. The minimum Gasteiger partial charge on any atom is -0.381 e. The Morgan fingerprint density at radius 2 is 2.29 bits per heavy atom. The first-order chi connectivity index (χ1) is 8.20. The first-order valence-electron chi connectivity index (χ1n) is 6.29. The number of hydrogen-bond acceptors (Lipinski definition) is 2. The largest absolute Gasteiger partial charge is 0.381 e. The Bertz CT molecular complexity index is 354. The number of rotatable bonds is 4. The van der Waals surface area contributed by atoms with Crippen molar-refractivity contribution < 1.29 is 4.74 Å². The molecule has 0 amide bonds. The second-order valence-corrected chi connectivity index (χ2v) is 5.16. The molecular weight excluding hydrogens is 234 g/mol. The standard InChI is InChI=1S/C14H20ClNO/c1-3-16-14(11-4-5-17-9-11)12-6-10(2)7-13(15)8-12/h6-8,11,14,16H,3-5,9H2,1-2H3. The summed E-state index contributed by atoms with van der Waals surface area (Å²) in [4.78, 5) is 0. The van der Waals surface area contributed by atoms with E-state index >= 15 is 0 Å². The summed E-state index contributed by atoms with van der Waals surface area (Å²) in [7, 11) is 0. The Balaban J connectivity index is 2.24. The van der Waals surface area contributed by atoms with E-state index in [0.29, 0.717) is 12.0 Å². The Morgan fingerprint density at radius 1 is 1.47 bits per heavy atom. The lowest BCUT2D eigenvalue weighted by molar-refractivity contribution is 0.177. The van der Waals surface area contributed by atoms with E-state index in [4.69, 9.17) is 16.3 Å². The second-order valence-electron chi connectivity index (χ2n) is 4.72. The second kappa shape index (κ2) is 5.85. The average molecular weight is 254 g/mol. The molecule has 0 spiro atoms. The predicted octanol–water partition coefficient (Wildman–Crippen LogP) is 3.34. The summed E-state index contributed by atoms with van der Waals surface area (Å²) >= 11 is 6.14. The van der Waals surface area contributed by atoms with Crippen LogP contribution in [0.25, 0.3) is 0 Å². The molecule has 3 heteroatoms. The van der Waals surface area contributed by atoms with Crippen molar-refractivity contribution in [3.05, 3.63) is 34.3 Å². The zero-order chi connectivity index (χ0) is 12.3. The lowest BCUT2D eigenvalue weighted by Crippen LogP contribution is -2.28. The summed E-state index contributed by atoms with van der Waals surface area (Å²) in [5.74, 6) is 0.563. The molecule has 0 bridgehead atoms. The molecule has 1 aromatic carbocycles. The molecule has 1 aliphatic heterocycles. The van der Waals surface area contributed by atoms with Gasteiger partial charge in [0.1, 0.15) is 0 Å². The Labute approximate surface area is 108 Å². The van der Waals surface area contributed by atoms with E-state index in [2.05, 4.69) is 31.3 Å². The summed E-state index contributed by atoms with van der Waals surface area (Å²) in [6.07, 6.45) is 1.13. The molecule has 2 rings (SSSR count). The van der Waals surface area contributed by atoms with Gasteiger partial charge in [-0.15, -0.1) is 0 Å². The Morgan fingerprint density at radius 3 is 2.88 bits per heavy atom. The van der Waals surface area contributed by atoms with Crippen LogP contribution in [0.2, 0.25) is 5.02 Å². The third kappa shape index (κ3) is 3.21. The van der Waals surface area contributed by atoms with E-state index in [1.165, 1.54) is 11.1 Å². The van der Waals surface area contributed by atoms with Gasteiger partial charge in [0, 0.05) is 23.6 Å². The van der Waals surface area contributed by atoms with Crippen molar-refractivity contribution in [3.8, 4) is 0 Å². The van der Waals surface area contributed by atoms with E-state index in [9.17, 15) is 0 Å². The molecule has 1 fully saturated rings. The van der Waals surface area contributed by atoms with E-state index < -0.39 is 0 Å². The highest BCUT2D eigenvalue weighted by Crippen LogP contribution is 2.30.